The lowest BCUT2D eigenvalue weighted by molar-refractivity contribution is 0.923. The van der Waals surface area contributed by atoms with Crippen LogP contribution in [0.5, 0.6) is 0 Å². The zero-order valence-corrected chi connectivity index (χ0v) is 12.3. The van der Waals surface area contributed by atoms with Crippen LogP contribution in [0.3, 0.4) is 0 Å². The van der Waals surface area contributed by atoms with E-state index < -0.39 is 0 Å². The fourth-order valence-electron chi connectivity index (χ4n) is 1.63. The van der Waals surface area contributed by atoms with E-state index in [4.69, 9.17) is 5.73 Å². The summed E-state index contributed by atoms with van der Waals surface area (Å²) < 4.78 is 1.12. The molecule has 2 N–H and O–H groups in total. The van der Waals surface area contributed by atoms with E-state index in [0.29, 0.717) is 6.54 Å². The average molecular weight is 303 g/mol. The van der Waals surface area contributed by atoms with Crippen LogP contribution in [-0.4, -0.2) is 32.1 Å². The largest absolute Gasteiger partial charge is 0.374 e. The molecule has 16 heavy (non-hydrogen) atoms. The average Bonchev–Trinajstić information content (AvgIpc) is 2.26. The summed E-state index contributed by atoms with van der Waals surface area (Å²) in [5.74, 6) is 1.15. The van der Waals surface area contributed by atoms with Crippen LogP contribution in [0.15, 0.2) is 22.7 Å². The van der Waals surface area contributed by atoms with Gasteiger partial charge in [-0.2, -0.15) is 11.8 Å². The molecule has 0 aliphatic heterocycles. The van der Waals surface area contributed by atoms with E-state index in [1.165, 1.54) is 11.3 Å². The Morgan fingerprint density at radius 2 is 2.19 bits per heavy atom. The Labute approximate surface area is 111 Å². The number of hydrogen-bond donors (Lipinski definition) is 1. The van der Waals surface area contributed by atoms with E-state index in [2.05, 4.69) is 52.3 Å². The second-order valence-corrected chi connectivity index (χ2v) is 5.63. The zero-order chi connectivity index (χ0) is 12.0. The van der Waals surface area contributed by atoms with Gasteiger partial charge in [0.15, 0.2) is 0 Å². The summed E-state index contributed by atoms with van der Waals surface area (Å²) in [7, 11) is 2.14. The van der Waals surface area contributed by atoms with Gasteiger partial charge in [-0.3, -0.25) is 0 Å². The molecule has 0 aromatic heterocycles. The molecule has 0 bridgehead atoms. The van der Waals surface area contributed by atoms with Crippen molar-refractivity contribution in [3.8, 4) is 0 Å². The number of benzene rings is 1. The highest BCUT2D eigenvalue weighted by Gasteiger charge is 2.07. The number of rotatable bonds is 6. The Morgan fingerprint density at radius 1 is 1.44 bits per heavy atom. The van der Waals surface area contributed by atoms with Crippen molar-refractivity contribution in [2.24, 2.45) is 5.73 Å². The quantitative estimate of drug-likeness (QED) is 0.876. The maximum absolute atomic E-state index is 5.64. The van der Waals surface area contributed by atoms with E-state index in [1.54, 1.807) is 0 Å². The lowest BCUT2D eigenvalue weighted by atomic mass is 10.1. The molecule has 0 radical (unpaired) electrons. The van der Waals surface area contributed by atoms with Crippen LogP contribution < -0.4 is 10.6 Å². The summed E-state index contributed by atoms with van der Waals surface area (Å²) >= 11 is 5.38. The molecule has 1 rings (SSSR count). The number of hydrogen-bond acceptors (Lipinski definition) is 3. The summed E-state index contributed by atoms with van der Waals surface area (Å²) in [6.07, 6.45) is 3.06. The van der Waals surface area contributed by atoms with Crippen molar-refractivity contribution < 1.29 is 0 Å². The van der Waals surface area contributed by atoms with Crippen LogP contribution in [0, 0.1) is 0 Å². The van der Waals surface area contributed by atoms with Crippen LogP contribution >= 0.6 is 27.7 Å². The molecule has 0 unspecified atom stereocenters. The van der Waals surface area contributed by atoms with Gasteiger partial charge < -0.3 is 10.6 Å². The molecule has 0 saturated carbocycles. The molecule has 0 amide bonds. The molecule has 0 saturated heterocycles. The second-order valence-electron chi connectivity index (χ2n) is 3.73. The number of anilines is 1. The first-order valence-electron chi connectivity index (χ1n) is 5.37. The highest BCUT2D eigenvalue weighted by molar-refractivity contribution is 9.10. The van der Waals surface area contributed by atoms with Crippen molar-refractivity contribution in [3.63, 3.8) is 0 Å². The van der Waals surface area contributed by atoms with E-state index >= 15 is 0 Å². The molecule has 0 atom stereocenters. The van der Waals surface area contributed by atoms with Gasteiger partial charge >= 0.3 is 0 Å². The summed E-state index contributed by atoms with van der Waals surface area (Å²) in [6.45, 7) is 1.76. The molecule has 1 aromatic rings. The second kappa shape index (κ2) is 7.20. The van der Waals surface area contributed by atoms with Crippen LogP contribution in [0.2, 0.25) is 0 Å². The Kier molecular flexibility index (Phi) is 6.24. The molecule has 0 heterocycles. The maximum Gasteiger partial charge on any atom is 0.0397 e. The monoisotopic (exact) mass is 302 g/mol. The van der Waals surface area contributed by atoms with E-state index in [0.717, 1.165) is 23.2 Å². The number of halogens is 1. The van der Waals surface area contributed by atoms with Crippen molar-refractivity contribution in [1.82, 2.24) is 0 Å². The number of nitrogens with two attached hydrogens (primary N) is 1. The molecule has 0 fully saturated rings. The predicted molar refractivity (Wildman–Crippen MR) is 78.6 cm³/mol. The van der Waals surface area contributed by atoms with Gasteiger partial charge in [0.2, 0.25) is 0 Å². The zero-order valence-electron chi connectivity index (χ0n) is 9.87. The lowest BCUT2D eigenvalue weighted by Gasteiger charge is -2.22. The summed E-state index contributed by atoms with van der Waals surface area (Å²) in [6, 6.07) is 6.41. The molecular weight excluding hydrogens is 284 g/mol. The third-order valence-electron chi connectivity index (χ3n) is 2.50. The number of nitrogens with zero attached hydrogens (tertiary/aromatic N) is 1. The van der Waals surface area contributed by atoms with Crippen LogP contribution in [0.4, 0.5) is 5.69 Å². The Balaban J connectivity index is 2.84. The van der Waals surface area contributed by atoms with Crippen LogP contribution in [0.1, 0.15) is 5.56 Å². The van der Waals surface area contributed by atoms with Gasteiger partial charge in [0.05, 0.1) is 0 Å². The molecule has 0 aliphatic rings. The maximum atomic E-state index is 5.64. The molecule has 0 aliphatic carbocycles. The molecule has 1 aromatic carbocycles. The smallest absolute Gasteiger partial charge is 0.0397 e. The minimum Gasteiger partial charge on any atom is -0.374 e. The molecule has 4 heteroatoms. The summed E-state index contributed by atoms with van der Waals surface area (Å²) in [4.78, 5) is 2.30. The van der Waals surface area contributed by atoms with Gasteiger partial charge in [-0.25, -0.2) is 0 Å². The van der Waals surface area contributed by atoms with Crippen LogP contribution in [-0.2, 0) is 6.42 Å². The fraction of sp³-hybridized carbons (Fsp3) is 0.500. The van der Waals surface area contributed by atoms with E-state index in [-0.39, 0.29) is 0 Å². The lowest BCUT2D eigenvalue weighted by Crippen LogP contribution is -2.22. The highest BCUT2D eigenvalue weighted by atomic mass is 79.9. The first-order valence-corrected chi connectivity index (χ1v) is 7.56. The van der Waals surface area contributed by atoms with Gasteiger partial charge in [-0.1, -0.05) is 15.9 Å². The van der Waals surface area contributed by atoms with Gasteiger partial charge in [0, 0.05) is 29.5 Å². The summed E-state index contributed by atoms with van der Waals surface area (Å²) in [5.41, 5.74) is 8.26. The SMILES string of the molecule is CSCCN(C)c1ccc(Br)cc1CCN. The molecule has 2 nitrogen and oxygen atoms in total. The Bertz CT molecular complexity index is 331. The standard InChI is InChI=1S/C12H19BrN2S/c1-15(7-8-16-2)12-4-3-11(13)9-10(12)5-6-14/h3-4,9H,5-8,14H2,1-2H3. The topological polar surface area (TPSA) is 29.3 Å². The van der Waals surface area contributed by atoms with Crippen molar-refractivity contribution >= 4 is 33.4 Å². The minimum absolute atomic E-state index is 0.694. The van der Waals surface area contributed by atoms with Gasteiger partial charge in [0.25, 0.3) is 0 Å². The van der Waals surface area contributed by atoms with E-state index in [1.807, 2.05) is 11.8 Å². The van der Waals surface area contributed by atoms with Gasteiger partial charge in [0.1, 0.15) is 0 Å². The van der Waals surface area contributed by atoms with Crippen molar-refractivity contribution in [1.29, 1.82) is 0 Å². The Hall–Kier alpha value is -0.190. The molecular formula is C12H19BrN2S. The van der Waals surface area contributed by atoms with Gasteiger partial charge in [-0.15, -0.1) is 0 Å². The third-order valence-corrected chi connectivity index (χ3v) is 3.58. The minimum atomic E-state index is 0.694. The van der Waals surface area contributed by atoms with Crippen molar-refractivity contribution in [2.75, 3.05) is 37.0 Å². The highest BCUT2D eigenvalue weighted by Crippen LogP contribution is 2.24. The molecule has 0 spiro atoms. The number of thioether (sulfide) groups is 1. The first kappa shape index (κ1) is 13.9. The van der Waals surface area contributed by atoms with Crippen molar-refractivity contribution in [3.05, 3.63) is 28.2 Å². The molecule has 90 valence electrons. The van der Waals surface area contributed by atoms with Gasteiger partial charge in [-0.05, 0) is 43.0 Å². The van der Waals surface area contributed by atoms with Crippen molar-refractivity contribution in [2.45, 2.75) is 6.42 Å². The Morgan fingerprint density at radius 3 is 2.81 bits per heavy atom. The predicted octanol–water partition coefficient (Wildman–Crippen LogP) is 2.75. The normalized spacial score (nSPS) is 10.5. The fourth-order valence-corrected chi connectivity index (χ4v) is 2.50. The van der Waals surface area contributed by atoms with Crippen LogP contribution in [0.25, 0.3) is 0 Å². The summed E-state index contributed by atoms with van der Waals surface area (Å²) in [5, 5.41) is 0. The third kappa shape index (κ3) is 4.00. The van der Waals surface area contributed by atoms with E-state index in [9.17, 15) is 0 Å². The first-order chi connectivity index (χ1) is 7.69.